The molecule has 0 aliphatic heterocycles. The van der Waals surface area contributed by atoms with E-state index < -0.39 is 11.7 Å². The Bertz CT molecular complexity index is 750. The first-order valence-electron chi connectivity index (χ1n) is 6.66. The zero-order valence-corrected chi connectivity index (χ0v) is 13.0. The highest BCUT2D eigenvalue weighted by Crippen LogP contribution is 2.22. The van der Waals surface area contributed by atoms with Crippen LogP contribution < -0.4 is 10.2 Å². The molecule has 0 aliphatic rings. The van der Waals surface area contributed by atoms with Crippen molar-refractivity contribution in [2.75, 3.05) is 6.61 Å². The molecule has 120 valence electrons. The predicted molar refractivity (Wildman–Crippen MR) is 85.4 cm³/mol. The van der Waals surface area contributed by atoms with Crippen molar-refractivity contribution < 1.29 is 19.0 Å². The fourth-order valence-electron chi connectivity index (χ4n) is 1.74. The summed E-state index contributed by atoms with van der Waals surface area (Å²) in [6.45, 7) is 1.21. The summed E-state index contributed by atoms with van der Waals surface area (Å²) in [7, 11) is 0. The molecule has 2 aromatic rings. The lowest BCUT2D eigenvalue weighted by Gasteiger charge is -2.07. The highest BCUT2D eigenvalue weighted by atomic mass is 35.5. The van der Waals surface area contributed by atoms with Gasteiger partial charge in [0.05, 0.1) is 5.71 Å². The molecule has 0 saturated carbocycles. The van der Waals surface area contributed by atoms with E-state index in [0.717, 1.165) is 0 Å². The number of phenolic OH excluding ortho intramolecular Hbond substituents is 1. The molecule has 0 fully saturated rings. The van der Waals surface area contributed by atoms with E-state index >= 15 is 0 Å². The molecule has 0 aromatic heterocycles. The van der Waals surface area contributed by atoms with Gasteiger partial charge >= 0.3 is 0 Å². The largest absolute Gasteiger partial charge is 0.507 e. The van der Waals surface area contributed by atoms with Gasteiger partial charge in [-0.1, -0.05) is 23.7 Å². The van der Waals surface area contributed by atoms with Gasteiger partial charge in [-0.25, -0.2) is 9.82 Å². The predicted octanol–water partition coefficient (Wildman–Crippen LogP) is 3.10. The molecule has 2 N–H and O–H groups in total. The molecule has 0 radical (unpaired) electrons. The molecular weight excluding hydrogens is 323 g/mol. The van der Waals surface area contributed by atoms with Crippen LogP contribution in [0.1, 0.15) is 12.5 Å². The van der Waals surface area contributed by atoms with Gasteiger partial charge in [0.1, 0.15) is 5.75 Å². The number of hydrogen-bond acceptors (Lipinski definition) is 4. The number of ether oxygens (including phenoxy) is 1. The maximum atomic E-state index is 13.3. The third-order valence-electron chi connectivity index (χ3n) is 2.89. The normalized spacial score (nSPS) is 11.2. The summed E-state index contributed by atoms with van der Waals surface area (Å²) in [5, 5.41) is 14.0. The number of nitrogens with one attached hydrogen (secondary N) is 1. The second-order valence-electron chi connectivity index (χ2n) is 4.61. The van der Waals surface area contributed by atoms with E-state index in [1.54, 1.807) is 13.0 Å². The highest BCUT2D eigenvalue weighted by Gasteiger charge is 2.08. The van der Waals surface area contributed by atoms with Gasteiger partial charge in [-0.3, -0.25) is 4.79 Å². The lowest BCUT2D eigenvalue weighted by molar-refractivity contribution is -0.123. The van der Waals surface area contributed by atoms with Crippen molar-refractivity contribution in [1.82, 2.24) is 5.43 Å². The van der Waals surface area contributed by atoms with Gasteiger partial charge < -0.3 is 9.84 Å². The zero-order chi connectivity index (χ0) is 16.8. The van der Waals surface area contributed by atoms with Crippen molar-refractivity contribution in [2.24, 2.45) is 5.10 Å². The summed E-state index contributed by atoms with van der Waals surface area (Å²) >= 11 is 5.85. The van der Waals surface area contributed by atoms with Gasteiger partial charge in [-0.2, -0.15) is 5.10 Å². The fourth-order valence-corrected chi connectivity index (χ4v) is 1.91. The van der Waals surface area contributed by atoms with Crippen LogP contribution in [0.25, 0.3) is 0 Å². The standard InChI is InChI=1S/C16H14ClFN2O3/c1-10(12-8-11(17)6-7-14(12)21)19-20-16(22)9-23-15-5-3-2-4-13(15)18/h2-8,21H,9H2,1H3,(H,20,22)/b19-10+. The van der Waals surface area contributed by atoms with E-state index in [0.29, 0.717) is 16.3 Å². The first-order valence-corrected chi connectivity index (χ1v) is 7.04. The number of para-hydroxylation sites is 1. The fraction of sp³-hybridized carbons (Fsp3) is 0.125. The summed E-state index contributed by atoms with van der Waals surface area (Å²) in [4.78, 5) is 11.7. The number of phenols is 1. The molecule has 0 heterocycles. The van der Waals surface area contributed by atoms with Crippen LogP contribution in [0.3, 0.4) is 0 Å². The molecule has 23 heavy (non-hydrogen) atoms. The number of amides is 1. The number of hydrazone groups is 1. The van der Waals surface area contributed by atoms with Crippen molar-refractivity contribution in [2.45, 2.75) is 6.92 Å². The van der Waals surface area contributed by atoms with Crippen molar-refractivity contribution in [3.8, 4) is 11.5 Å². The molecule has 1 amide bonds. The summed E-state index contributed by atoms with van der Waals surface area (Å²) in [6.07, 6.45) is 0. The molecule has 0 spiro atoms. The molecule has 0 unspecified atom stereocenters. The second-order valence-corrected chi connectivity index (χ2v) is 5.05. The molecular formula is C16H14ClFN2O3. The van der Waals surface area contributed by atoms with Gasteiger partial charge in [0.25, 0.3) is 5.91 Å². The first-order chi connectivity index (χ1) is 11.0. The number of hydrogen-bond donors (Lipinski definition) is 2. The molecule has 7 heteroatoms. The van der Waals surface area contributed by atoms with Gasteiger partial charge in [0, 0.05) is 10.6 Å². The van der Waals surface area contributed by atoms with Crippen LogP contribution >= 0.6 is 11.6 Å². The van der Waals surface area contributed by atoms with Gasteiger partial charge in [0.2, 0.25) is 0 Å². The first kappa shape index (κ1) is 16.8. The summed E-state index contributed by atoms with van der Waals surface area (Å²) in [5.74, 6) is -1.14. The maximum absolute atomic E-state index is 13.3. The second kappa shape index (κ2) is 7.60. The Balaban J connectivity index is 1.95. The van der Waals surface area contributed by atoms with Crippen molar-refractivity contribution in [3.05, 3.63) is 58.9 Å². The Morgan fingerprint density at radius 2 is 2.09 bits per heavy atom. The number of carbonyl (C=O) groups is 1. The quantitative estimate of drug-likeness (QED) is 0.651. The molecule has 0 saturated heterocycles. The minimum Gasteiger partial charge on any atom is -0.507 e. The van der Waals surface area contributed by atoms with E-state index in [2.05, 4.69) is 10.5 Å². The number of rotatable bonds is 5. The summed E-state index contributed by atoms with van der Waals surface area (Å²) in [5.41, 5.74) is 3.03. The average Bonchev–Trinajstić information content (AvgIpc) is 2.54. The Labute approximate surface area is 137 Å². The lowest BCUT2D eigenvalue weighted by Crippen LogP contribution is -2.25. The molecule has 0 aliphatic carbocycles. The van der Waals surface area contributed by atoms with E-state index in [4.69, 9.17) is 16.3 Å². The lowest BCUT2D eigenvalue weighted by atomic mass is 10.1. The van der Waals surface area contributed by atoms with Crippen LogP contribution in [0.2, 0.25) is 5.02 Å². The summed E-state index contributed by atoms with van der Waals surface area (Å²) in [6, 6.07) is 10.3. The van der Waals surface area contributed by atoms with Crippen LogP contribution in [-0.4, -0.2) is 23.3 Å². The van der Waals surface area contributed by atoms with Gasteiger partial charge in [-0.05, 0) is 37.3 Å². The molecule has 5 nitrogen and oxygen atoms in total. The van der Waals surface area contributed by atoms with Crippen LogP contribution in [0.4, 0.5) is 4.39 Å². The number of carbonyl (C=O) groups excluding carboxylic acids is 1. The number of aromatic hydroxyl groups is 1. The minimum atomic E-state index is -0.561. The monoisotopic (exact) mass is 336 g/mol. The Hall–Kier alpha value is -2.60. The molecule has 0 bridgehead atoms. The van der Waals surface area contributed by atoms with E-state index in [1.807, 2.05) is 0 Å². The van der Waals surface area contributed by atoms with E-state index in [9.17, 15) is 14.3 Å². The van der Waals surface area contributed by atoms with Crippen LogP contribution in [-0.2, 0) is 4.79 Å². The third kappa shape index (κ3) is 4.69. The van der Waals surface area contributed by atoms with Crippen LogP contribution in [0, 0.1) is 5.82 Å². The van der Waals surface area contributed by atoms with E-state index in [-0.39, 0.29) is 18.1 Å². The van der Waals surface area contributed by atoms with Gasteiger partial charge in [-0.15, -0.1) is 0 Å². The molecule has 2 rings (SSSR count). The molecule has 2 aromatic carbocycles. The smallest absolute Gasteiger partial charge is 0.277 e. The summed E-state index contributed by atoms with van der Waals surface area (Å²) < 4.78 is 18.4. The van der Waals surface area contributed by atoms with Crippen molar-refractivity contribution >= 4 is 23.2 Å². The maximum Gasteiger partial charge on any atom is 0.277 e. The molecule has 0 atom stereocenters. The topological polar surface area (TPSA) is 70.9 Å². The zero-order valence-electron chi connectivity index (χ0n) is 12.2. The van der Waals surface area contributed by atoms with E-state index in [1.165, 1.54) is 36.4 Å². The average molecular weight is 337 g/mol. The Morgan fingerprint density at radius 3 is 2.83 bits per heavy atom. The Morgan fingerprint density at radius 1 is 1.35 bits per heavy atom. The van der Waals surface area contributed by atoms with Gasteiger partial charge in [0.15, 0.2) is 18.2 Å². The number of halogens is 2. The van der Waals surface area contributed by atoms with Crippen molar-refractivity contribution in [1.29, 1.82) is 0 Å². The van der Waals surface area contributed by atoms with Crippen LogP contribution in [0.5, 0.6) is 11.5 Å². The number of nitrogens with zero attached hydrogens (tertiary/aromatic N) is 1. The SMILES string of the molecule is C/C(=N\NC(=O)COc1ccccc1F)c1cc(Cl)ccc1O. The van der Waals surface area contributed by atoms with Crippen molar-refractivity contribution in [3.63, 3.8) is 0 Å². The minimum absolute atomic E-state index is 0.00694. The third-order valence-corrected chi connectivity index (χ3v) is 3.13. The number of benzene rings is 2. The highest BCUT2D eigenvalue weighted by molar-refractivity contribution is 6.31. The van der Waals surface area contributed by atoms with Crippen LogP contribution in [0.15, 0.2) is 47.6 Å². The Kier molecular flexibility index (Phi) is 5.54.